The molecule has 4 atom stereocenters. The van der Waals surface area contributed by atoms with Crippen molar-refractivity contribution in [3.05, 3.63) is 88.1 Å². The third-order valence-electron chi connectivity index (χ3n) is 7.26. The Labute approximate surface area is 206 Å². The van der Waals surface area contributed by atoms with Gasteiger partial charge in [0.1, 0.15) is 11.6 Å². The highest BCUT2D eigenvalue weighted by molar-refractivity contribution is 5.96. The monoisotopic (exact) mass is 492 g/mol. The van der Waals surface area contributed by atoms with Crippen LogP contribution in [0.4, 0.5) is 4.39 Å². The van der Waals surface area contributed by atoms with E-state index in [2.05, 4.69) is 0 Å². The number of fused-ring (bicyclic) bond motifs is 4. The first-order valence-electron chi connectivity index (χ1n) is 11.5. The molecular formula is C27H25FN2O6. The summed E-state index contributed by atoms with van der Waals surface area (Å²) in [6.07, 6.45) is 0. The predicted molar refractivity (Wildman–Crippen MR) is 128 cm³/mol. The molecule has 1 fully saturated rings. The summed E-state index contributed by atoms with van der Waals surface area (Å²) in [4.78, 5) is 41.5. The number of benzene rings is 2. The van der Waals surface area contributed by atoms with Crippen LogP contribution in [-0.2, 0) is 16.1 Å². The van der Waals surface area contributed by atoms with Crippen LogP contribution in [0, 0.1) is 17.7 Å². The molecule has 0 unspecified atom stereocenters. The molecule has 5 rings (SSSR count). The zero-order valence-corrected chi connectivity index (χ0v) is 19.8. The van der Waals surface area contributed by atoms with Crippen molar-refractivity contribution in [1.29, 1.82) is 0 Å². The van der Waals surface area contributed by atoms with Crippen LogP contribution >= 0.6 is 0 Å². The van der Waals surface area contributed by atoms with Crippen molar-refractivity contribution in [3.8, 4) is 16.9 Å². The van der Waals surface area contributed by atoms with E-state index in [1.165, 1.54) is 30.2 Å². The first-order chi connectivity index (χ1) is 17.4. The molecule has 2 aliphatic rings. The van der Waals surface area contributed by atoms with Gasteiger partial charge in [-0.3, -0.25) is 14.4 Å². The molecule has 2 aliphatic heterocycles. The fourth-order valence-electron chi connectivity index (χ4n) is 5.55. The smallest absolute Gasteiger partial charge is 0.311 e. The molecule has 1 N–H and O–H groups in total. The van der Waals surface area contributed by atoms with E-state index in [1.807, 2.05) is 0 Å². The molecule has 2 bridgehead atoms. The number of halogens is 1. The Morgan fingerprint density at radius 1 is 1.06 bits per heavy atom. The number of nitrogens with zero attached hydrogens (tertiary/aromatic N) is 2. The molecule has 3 heterocycles. The number of aromatic nitrogens is 1. The summed E-state index contributed by atoms with van der Waals surface area (Å²) in [5.74, 6) is -2.85. The van der Waals surface area contributed by atoms with E-state index in [4.69, 9.17) is 9.47 Å². The normalized spacial score (nSPS) is 22.2. The van der Waals surface area contributed by atoms with Gasteiger partial charge >= 0.3 is 5.97 Å². The van der Waals surface area contributed by atoms with E-state index >= 15 is 0 Å². The van der Waals surface area contributed by atoms with Crippen molar-refractivity contribution in [1.82, 2.24) is 9.47 Å². The van der Waals surface area contributed by atoms with Crippen molar-refractivity contribution in [2.24, 2.45) is 11.8 Å². The van der Waals surface area contributed by atoms with E-state index in [1.54, 1.807) is 54.1 Å². The number of hydrogen-bond acceptors (Lipinski definition) is 6. The standard InChI is InChI=1S/C27H25FN2O6/c1-35-16-9-7-15(8-10-16)17-11-12-21-24-23(27(34)36-2)19(14-31)22(13-29(21)25(17)32)30(24)26(33)18-5-3-4-6-20(18)28/h3-12,19,22-24,31H,13-14H2,1-2H3/t19-,22-,23+,24+/m0/s1. The second kappa shape index (κ2) is 9.23. The fraction of sp³-hybridized carbons (Fsp3) is 0.296. The quantitative estimate of drug-likeness (QED) is 0.550. The minimum absolute atomic E-state index is 0.0492. The number of ether oxygens (including phenoxy) is 2. The molecule has 1 saturated heterocycles. The lowest BCUT2D eigenvalue weighted by Crippen LogP contribution is -2.49. The van der Waals surface area contributed by atoms with Gasteiger partial charge in [0.05, 0.1) is 37.8 Å². The van der Waals surface area contributed by atoms with E-state index < -0.39 is 48.2 Å². The molecule has 2 aromatic carbocycles. The van der Waals surface area contributed by atoms with Gasteiger partial charge in [-0.2, -0.15) is 0 Å². The SMILES string of the molecule is COC(=O)[C@@H]1[C@@H](CO)[C@@H]2Cn3c(ccc(-c4ccc(OC)cc4)c3=O)[C@H]1N2C(=O)c1ccccc1F. The number of pyridine rings is 1. The van der Waals surface area contributed by atoms with Gasteiger partial charge in [-0.05, 0) is 42.0 Å². The van der Waals surface area contributed by atoms with Crippen molar-refractivity contribution < 1.29 is 28.6 Å². The number of rotatable bonds is 5. The maximum atomic E-state index is 14.6. The molecule has 8 nitrogen and oxygen atoms in total. The number of amides is 1. The molecule has 9 heteroatoms. The van der Waals surface area contributed by atoms with Crippen LogP contribution in [0.5, 0.6) is 5.75 Å². The van der Waals surface area contributed by atoms with Crippen molar-refractivity contribution in [2.75, 3.05) is 20.8 Å². The largest absolute Gasteiger partial charge is 0.497 e. The lowest BCUT2D eigenvalue weighted by atomic mass is 9.87. The van der Waals surface area contributed by atoms with Crippen molar-refractivity contribution >= 4 is 11.9 Å². The van der Waals surface area contributed by atoms with E-state index in [0.717, 1.165) is 0 Å². The molecule has 0 aliphatic carbocycles. The molecule has 36 heavy (non-hydrogen) atoms. The second-order valence-corrected chi connectivity index (χ2v) is 8.92. The first-order valence-corrected chi connectivity index (χ1v) is 11.5. The van der Waals surface area contributed by atoms with Crippen LogP contribution in [-0.4, -0.2) is 53.3 Å². The maximum absolute atomic E-state index is 14.6. The highest BCUT2D eigenvalue weighted by atomic mass is 19.1. The Morgan fingerprint density at radius 3 is 2.42 bits per heavy atom. The third-order valence-corrected chi connectivity index (χ3v) is 7.26. The Kier molecular flexibility index (Phi) is 6.09. The second-order valence-electron chi connectivity index (χ2n) is 8.92. The van der Waals surface area contributed by atoms with Crippen LogP contribution in [0.3, 0.4) is 0 Å². The van der Waals surface area contributed by atoms with E-state index in [0.29, 0.717) is 22.6 Å². The number of hydrogen-bond donors (Lipinski definition) is 1. The lowest BCUT2D eigenvalue weighted by molar-refractivity contribution is -0.148. The summed E-state index contributed by atoms with van der Waals surface area (Å²) in [7, 11) is 2.80. The summed E-state index contributed by atoms with van der Waals surface area (Å²) < 4.78 is 26.3. The highest BCUT2D eigenvalue weighted by Gasteiger charge is 2.58. The van der Waals surface area contributed by atoms with Gasteiger partial charge in [0, 0.05) is 30.3 Å². The zero-order valence-electron chi connectivity index (χ0n) is 19.8. The van der Waals surface area contributed by atoms with Crippen molar-refractivity contribution in [3.63, 3.8) is 0 Å². The summed E-state index contributed by atoms with van der Waals surface area (Å²) in [5.41, 5.74) is 1.15. The molecular weight excluding hydrogens is 467 g/mol. The van der Waals surface area contributed by atoms with E-state index in [9.17, 15) is 23.9 Å². The lowest BCUT2D eigenvalue weighted by Gasteiger charge is -2.38. The first kappa shape index (κ1) is 23.7. The average Bonchev–Trinajstić information content (AvgIpc) is 3.15. The van der Waals surface area contributed by atoms with Gasteiger partial charge in [-0.15, -0.1) is 0 Å². The predicted octanol–water partition coefficient (Wildman–Crippen LogP) is 2.64. The molecule has 0 radical (unpaired) electrons. The molecule has 3 aromatic rings. The van der Waals surface area contributed by atoms with Gasteiger partial charge < -0.3 is 24.0 Å². The number of aliphatic hydroxyl groups excluding tert-OH is 1. The van der Waals surface area contributed by atoms with Crippen LogP contribution in [0.25, 0.3) is 11.1 Å². The van der Waals surface area contributed by atoms with Gasteiger partial charge in [0.25, 0.3) is 11.5 Å². The summed E-state index contributed by atoms with van der Waals surface area (Å²) in [5, 5.41) is 10.3. The number of carbonyl (C=O) groups is 2. The average molecular weight is 493 g/mol. The third kappa shape index (κ3) is 3.58. The fourth-order valence-corrected chi connectivity index (χ4v) is 5.55. The molecule has 186 valence electrons. The summed E-state index contributed by atoms with van der Waals surface area (Å²) in [6.45, 7) is -0.358. The van der Waals surface area contributed by atoms with Crippen LogP contribution in [0.2, 0.25) is 0 Å². The molecule has 0 spiro atoms. The highest BCUT2D eigenvalue weighted by Crippen LogP contribution is 2.49. The van der Waals surface area contributed by atoms with Gasteiger partial charge in [-0.25, -0.2) is 4.39 Å². The minimum atomic E-state index is -0.916. The molecule has 1 aromatic heterocycles. The van der Waals surface area contributed by atoms with Crippen LogP contribution in [0.1, 0.15) is 22.1 Å². The van der Waals surface area contributed by atoms with Gasteiger partial charge in [-0.1, -0.05) is 24.3 Å². The molecule has 0 saturated carbocycles. The Bertz CT molecular complexity index is 1390. The van der Waals surface area contributed by atoms with E-state index in [-0.39, 0.29) is 17.7 Å². The Balaban J connectivity index is 1.66. The number of carbonyl (C=O) groups excluding carboxylic acids is 2. The van der Waals surface area contributed by atoms with Crippen LogP contribution < -0.4 is 10.3 Å². The van der Waals surface area contributed by atoms with Crippen molar-refractivity contribution in [2.45, 2.75) is 18.6 Å². The number of aliphatic hydroxyl groups is 1. The number of methoxy groups -OCH3 is 2. The zero-order chi connectivity index (χ0) is 25.6. The topological polar surface area (TPSA) is 98.1 Å². The summed E-state index contributed by atoms with van der Waals surface area (Å²) >= 11 is 0. The van der Waals surface area contributed by atoms with Crippen LogP contribution in [0.15, 0.2) is 65.5 Å². The Morgan fingerprint density at radius 2 is 1.78 bits per heavy atom. The Hall–Kier alpha value is -3.98. The maximum Gasteiger partial charge on any atom is 0.311 e. The molecule has 1 amide bonds. The van der Waals surface area contributed by atoms with Gasteiger partial charge in [0.2, 0.25) is 0 Å². The minimum Gasteiger partial charge on any atom is -0.497 e. The summed E-state index contributed by atoms with van der Waals surface area (Å²) in [6, 6.07) is 14.4. The number of esters is 1. The van der Waals surface area contributed by atoms with Gasteiger partial charge in [0.15, 0.2) is 0 Å².